The number of phenolic OH excluding ortho intramolecular Hbond substituents is 1. The van der Waals surface area contributed by atoms with Crippen LogP contribution in [0.2, 0.25) is 0 Å². The van der Waals surface area contributed by atoms with E-state index in [-0.39, 0.29) is 5.75 Å². The van der Waals surface area contributed by atoms with E-state index < -0.39 is 0 Å². The minimum absolute atomic E-state index is 0.0972. The lowest BCUT2D eigenvalue weighted by atomic mass is 10.2. The van der Waals surface area contributed by atoms with Gasteiger partial charge in [0.05, 0.1) is 13.4 Å². The molecule has 3 heteroatoms. The Hall–Kier alpha value is -1.64. The fraction of sp³-hybridized carbons (Fsp3) is 0.111. The third-order valence-corrected chi connectivity index (χ3v) is 1.76. The van der Waals surface area contributed by atoms with Crippen LogP contribution in [0.5, 0.6) is 11.5 Å². The van der Waals surface area contributed by atoms with Crippen molar-refractivity contribution in [3.63, 3.8) is 0 Å². The van der Waals surface area contributed by atoms with Crippen LogP contribution >= 0.6 is 0 Å². The van der Waals surface area contributed by atoms with E-state index in [0.29, 0.717) is 11.3 Å². The average Bonchev–Trinajstić information content (AvgIpc) is 2.52. The van der Waals surface area contributed by atoms with Gasteiger partial charge in [0.25, 0.3) is 0 Å². The molecule has 1 heterocycles. The molecule has 0 amide bonds. The maximum atomic E-state index is 9.34. The van der Waals surface area contributed by atoms with Gasteiger partial charge in [0, 0.05) is 5.39 Å². The molecule has 0 spiro atoms. The van der Waals surface area contributed by atoms with Crippen LogP contribution in [-0.2, 0) is 0 Å². The highest BCUT2D eigenvalue weighted by molar-refractivity contribution is 5.85. The molecule has 62 valence electrons. The minimum Gasteiger partial charge on any atom is -0.504 e. The van der Waals surface area contributed by atoms with Crippen molar-refractivity contribution in [1.82, 2.24) is 0 Å². The Morgan fingerprint density at radius 1 is 1.33 bits per heavy atom. The average molecular weight is 164 g/mol. The molecular weight excluding hydrogens is 156 g/mol. The second-order valence-corrected chi connectivity index (χ2v) is 2.46. The zero-order valence-corrected chi connectivity index (χ0v) is 6.57. The van der Waals surface area contributed by atoms with Gasteiger partial charge in [0.2, 0.25) is 5.75 Å². The molecule has 2 aromatic rings. The summed E-state index contributed by atoms with van der Waals surface area (Å²) in [4.78, 5) is 0. The number of rotatable bonds is 1. The number of ether oxygens (including phenoxy) is 1. The first-order valence-electron chi connectivity index (χ1n) is 3.56. The molecule has 0 bridgehead atoms. The lowest BCUT2D eigenvalue weighted by Crippen LogP contribution is -1.83. The molecule has 1 aromatic heterocycles. The Bertz CT molecular complexity index is 403. The monoisotopic (exact) mass is 164 g/mol. The molecule has 1 aromatic carbocycles. The van der Waals surface area contributed by atoms with Crippen LogP contribution < -0.4 is 4.74 Å². The summed E-state index contributed by atoms with van der Waals surface area (Å²) in [6, 6.07) is 5.17. The van der Waals surface area contributed by atoms with Crippen molar-refractivity contribution >= 4 is 11.0 Å². The third-order valence-electron chi connectivity index (χ3n) is 1.76. The van der Waals surface area contributed by atoms with E-state index in [1.165, 1.54) is 7.11 Å². The number of aromatic hydroxyl groups is 1. The van der Waals surface area contributed by atoms with Gasteiger partial charge >= 0.3 is 0 Å². The van der Waals surface area contributed by atoms with E-state index in [9.17, 15) is 5.11 Å². The summed E-state index contributed by atoms with van der Waals surface area (Å²) >= 11 is 0. The Morgan fingerprint density at radius 3 is 2.92 bits per heavy atom. The quantitative estimate of drug-likeness (QED) is 0.702. The van der Waals surface area contributed by atoms with Crippen LogP contribution in [0.1, 0.15) is 0 Å². The summed E-state index contributed by atoms with van der Waals surface area (Å²) in [6.45, 7) is 0. The number of phenols is 1. The summed E-state index contributed by atoms with van der Waals surface area (Å²) in [5.41, 5.74) is 0.581. The molecule has 0 atom stereocenters. The summed E-state index contributed by atoms with van der Waals surface area (Å²) in [6.07, 6.45) is 1.56. The number of hydrogen-bond donors (Lipinski definition) is 1. The number of fused-ring (bicyclic) bond motifs is 1. The molecule has 0 aliphatic carbocycles. The van der Waals surface area contributed by atoms with Crippen molar-refractivity contribution in [3.05, 3.63) is 24.5 Å². The van der Waals surface area contributed by atoms with Gasteiger partial charge in [0.15, 0.2) is 11.3 Å². The van der Waals surface area contributed by atoms with E-state index in [2.05, 4.69) is 0 Å². The topological polar surface area (TPSA) is 42.6 Å². The molecule has 0 aliphatic heterocycles. The van der Waals surface area contributed by atoms with Crippen LogP contribution in [0.3, 0.4) is 0 Å². The van der Waals surface area contributed by atoms with Crippen molar-refractivity contribution in [2.45, 2.75) is 0 Å². The van der Waals surface area contributed by atoms with Crippen molar-refractivity contribution < 1.29 is 14.3 Å². The highest BCUT2D eigenvalue weighted by Gasteiger charge is 2.08. The predicted molar refractivity (Wildman–Crippen MR) is 44.4 cm³/mol. The molecule has 3 nitrogen and oxygen atoms in total. The Morgan fingerprint density at radius 2 is 2.17 bits per heavy atom. The van der Waals surface area contributed by atoms with Crippen molar-refractivity contribution in [2.24, 2.45) is 0 Å². The van der Waals surface area contributed by atoms with Gasteiger partial charge < -0.3 is 14.3 Å². The first-order chi connectivity index (χ1) is 5.83. The first kappa shape index (κ1) is 7.03. The van der Waals surface area contributed by atoms with E-state index in [1.807, 2.05) is 6.07 Å². The molecular formula is C9H8O3. The van der Waals surface area contributed by atoms with Crippen LogP contribution in [0.15, 0.2) is 28.9 Å². The van der Waals surface area contributed by atoms with Gasteiger partial charge in [-0.2, -0.15) is 0 Å². The van der Waals surface area contributed by atoms with Crippen LogP contribution in [0.4, 0.5) is 0 Å². The molecule has 0 saturated carbocycles. The standard InChI is InChI=1S/C9H8O3/c1-11-9-7(10)3-2-6-4-5-12-8(6)9/h2-5,10H,1H3. The second-order valence-electron chi connectivity index (χ2n) is 2.46. The van der Waals surface area contributed by atoms with Crippen LogP contribution in [0.25, 0.3) is 11.0 Å². The van der Waals surface area contributed by atoms with Gasteiger partial charge in [-0.05, 0) is 18.2 Å². The third kappa shape index (κ3) is 0.830. The Labute approximate surface area is 69.2 Å². The maximum Gasteiger partial charge on any atom is 0.204 e. The normalized spacial score (nSPS) is 10.4. The van der Waals surface area contributed by atoms with Crippen molar-refractivity contribution in [1.29, 1.82) is 0 Å². The van der Waals surface area contributed by atoms with Gasteiger partial charge in [0.1, 0.15) is 0 Å². The smallest absolute Gasteiger partial charge is 0.204 e. The summed E-state index contributed by atoms with van der Waals surface area (Å²) in [5, 5.41) is 10.3. The van der Waals surface area contributed by atoms with E-state index >= 15 is 0 Å². The Balaban J connectivity index is 2.83. The van der Waals surface area contributed by atoms with Gasteiger partial charge in [-0.15, -0.1) is 0 Å². The lowest BCUT2D eigenvalue weighted by Gasteiger charge is -2.01. The van der Waals surface area contributed by atoms with E-state index in [0.717, 1.165) is 5.39 Å². The molecule has 0 saturated heterocycles. The number of hydrogen-bond acceptors (Lipinski definition) is 3. The van der Waals surface area contributed by atoms with E-state index in [1.54, 1.807) is 18.4 Å². The molecule has 0 aliphatic rings. The number of furan rings is 1. The maximum absolute atomic E-state index is 9.34. The summed E-state index contributed by atoms with van der Waals surface area (Å²) in [5.74, 6) is 0.484. The van der Waals surface area contributed by atoms with Crippen LogP contribution in [-0.4, -0.2) is 12.2 Å². The van der Waals surface area contributed by atoms with Gasteiger partial charge in [-0.25, -0.2) is 0 Å². The molecule has 0 unspecified atom stereocenters. The number of methoxy groups -OCH3 is 1. The minimum atomic E-state index is 0.0972. The molecule has 2 rings (SSSR count). The summed E-state index contributed by atoms with van der Waals surface area (Å²) in [7, 11) is 1.50. The van der Waals surface area contributed by atoms with Crippen molar-refractivity contribution in [2.75, 3.05) is 7.11 Å². The van der Waals surface area contributed by atoms with Gasteiger partial charge in [-0.3, -0.25) is 0 Å². The largest absolute Gasteiger partial charge is 0.504 e. The number of benzene rings is 1. The van der Waals surface area contributed by atoms with Crippen LogP contribution in [0, 0.1) is 0 Å². The van der Waals surface area contributed by atoms with Gasteiger partial charge in [-0.1, -0.05) is 0 Å². The summed E-state index contributed by atoms with van der Waals surface area (Å²) < 4.78 is 10.1. The lowest BCUT2D eigenvalue weighted by molar-refractivity contribution is 0.371. The highest BCUT2D eigenvalue weighted by Crippen LogP contribution is 2.34. The second kappa shape index (κ2) is 2.44. The fourth-order valence-electron chi connectivity index (χ4n) is 1.19. The van der Waals surface area contributed by atoms with E-state index in [4.69, 9.17) is 9.15 Å². The molecule has 12 heavy (non-hydrogen) atoms. The predicted octanol–water partition coefficient (Wildman–Crippen LogP) is 2.15. The SMILES string of the molecule is COc1c(O)ccc2ccoc12. The zero-order chi connectivity index (χ0) is 8.55. The molecule has 0 fully saturated rings. The Kier molecular flexibility index (Phi) is 1.43. The van der Waals surface area contributed by atoms with Crippen molar-refractivity contribution in [3.8, 4) is 11.5 Å². The molecule has 0 radical (unpaired) electrons. The highest BCUT2D eigenvalue weighted by atomic mass is 16.5. The fourth-order valence-corrected chi connectivity index (χ4v) is 1.19. The first-order valence-corrected chi connectivity index (χ1v) is 3.56. The molecule has 1 N–H and O–H groups in total. The zero-order valence-electron chi connectivity index (χ0n) is 6.57.